The number of H-pyrrole nitrogens is 1. The van der Waals surface area contributed by atoms with Gasteiger partial charge in [0.05, 0.1) is 11.4 Å². The van der Waals surface area contributed by atoms with Gasteiger partial charge in [-0.1, -0.05) is 30.3 Å². The molecule has 0 aliphatic rings. The van der Waals surface area contributed by atoms with E-state index in [4.69, 9.17) is 0 Å². The van der Waals surface area contributed by atoms with E-state index in [9.17, 15) is 4.79 Å². The zero-order valence-corrected chi connectivity index (χ0v) is 15.4. The highest BCUT2D eigenvalue weighted by Crippen LogP contribution is 2.23. The summed E-state index contributed by atoms with van der Waals surface area (Å²) in [5.74, 6) is -0.104. The largest absolute Gasteiger partial charge is 0.348 e. The Hall–Kier alpha value is -2.93. The molecular weight excluding hydrogens is 346 g/mol. The summed E-state index contributed by atoms with van der Waals surface area (Å²) >= 11 is 1.47. The van der Waals surface area contributed by atoms with E-state index in [1.54, 1.807) is 0 Å². The number of carbonyl (C=O) groups excluding carboxylic acids is 1. The van der Waals surface area contributed by atoms with Crippen LogP contribution in [0.4, 0.5) is 0 Å². The molecule has 0 aliphatic carbocycles. The highest BCUT2D eigenvalue weighted by Gasteiger charge is 2.17. The fourth-order valence-electron chi connectivity index (χ4n) is 2.94. The lowest BCUT2D eigenvalue weighted by Crippen LogP contribution is -2.34. The van der Waals surface area contributed by atoms with Crippen LogP contribution in [0.3, 0.4) is 0 Å². The summed E-state index contributed by atoms with van der Waals surface area (Å²) in [6.45, 7) is 3.94. The summed E-state index contributed by atoms with van der Waals surface area (Å²) < 4.78 is 1.85. The number of aryl methyl sites for hydroxylation is 1. The molecule has 0 radical (unpaired) electrons. The van der Waals surface area contributed by atoms with Gasteiger partial charge in [-0.25, -0.2) is 4.98 Å². The van der Waals surface area contributed by atoms with Gasteiger partial charge < -0.3 is 5.32 Å². The zero-order chi connectivity index (χ0) is 18.1. The topological polar surface area (TPSA) is 75.1 Å². The molecule has 0 unspecified atom stereocenters. The summed E-state index contributed by atoms with van der Waals surface area (Å²) in [7, 11) is 0. The number of imidazole rings is 1. The van der Waals surface area contributed by atoms with Gasteiger partial charge in [0.2, 0.25) is 0 Å². The average molecular weight is 365 g/mol. The van der Waals surface area contributed by atoms with Gasteiger partial charge in [-0.2, -0.15) is 5.10 Å². The van der Waals surface area contributed by atoms with Crippen molar-refractivity contribution in [2.45, 2.75) is 26.3 Å². The average Bonchev–Trinajstić information content (AvgIpc) is 3.31. The van der Waals surface area contributed by atoms with Crippen LogP contribution < -0.4 is 5.32 Å². The first-order valence-corrected chi connectivity index (χ1v) is 9.32. The second kappa shape index (κ2) is 6.76. The molecular formula is C19H19N5OS. The summed E-state index contributed by atoms with van der Waals surface area (Å²) in [6.07, 6.45) is 2.60. The smallest absolute Gasteiger partial charge is 0.269 e. The van der Waals surface area contributed by atoms with Crippen LogP contribution in [0.2, 0.25) is 0 Å². The summed E-state index contributed by atoms with van der Waals surface area (Å²) in [4.78, 5) is 18.1. The molecule has 1 atom stereocenters. The number of rotatable bonds is 5. The third-order valence-corrected chi connectivity index (χ3v) is 5.00. The van der Waals surface area contributed by atoms with E-state index in [2.05, 4.69) is 20.5 Å². The predicted molar refractivity (Wildman–Crippen MR) is 102 cm³/mol. The van der Waals surface area contributed by atoms with Gasteiger partial charge in [0.15, 0.2) is 4.96 Å². The summed E-state index contributed by atoms with van der Waals surface area (Å²) in [5.41, 5.74) is 4.47. The Morgan fingerprint density at radius 2 is 2.15 bits per heavy atom. The van der Waals surface area contributed by atoms with Crippen LogP contribution in [0.25, 0.3) is 16.2 Å². The van der Waals surface area contributed by atoms with Gasteiger partial charge in [0.1, 0.15) is 5.69 Å². The molecule has 0 spiro atoms. The highest BCUT2D eigenvalue weighted by molar-refractivity contribution is 7.15. The molecule has 0 bridgehead atoms. The molecule has 3 heterocycles. The second-order valence-electron chi connectivity index (χ2n) is 6.39. The Balaban J connectivity index is 1.52. The molecule has 6 nitrogen and oxygen atoms in total. The zero-order valence-electron chi connectivity index (χ0n) is 14.6. The number of thiazole rings is 1. The Morgan fingerprint density at radius 1 is 1.35 bits per heavy atom. The van der Waals surface area contributed by atoms with Crippen molar-refractivity contribution in [3.8, 4) is 11.3 Å². The molecule has 4 aromatic rings. The predicted octanol–water partition coefficient (Wildman–Crippen LogP) is 3.46. The van der Waals surface area contributed by atoms with Gasteiger partial charge >= 0.3 is 0 Å². The van der Waals surface area contributed by atoms with E-state index in [-0.39, 0.29) is 11.9 Å². The number of amides is 1. The number of fused-ring (bicyclic) bond motifs is 1. The van der Waals surface area contributed by atoms with Gasteiger partial charge in [-0.15, -0.1) is 11.3 Å². The first-order chi connectivity index (χ1) is 12.6. The first kappa shape index (κ1) is 16.5. The normalized spacial score (nSPS) is 12.4. The molecule has 2 N–H and O–H groups in total. The van der Waals surface area contributed by atoms with Crippen molar-refractivity contribution in [2.75, 3.05) is 0 Å². The van der Waals surface area contributed by atoms with Crippen molar-refractivity contribution < 1.29 is 4.79 Å². The number of hydrogen-bond acceptors (Lipinski definition) is 4. The van der Waals surface area contributed by atoms with Crippen molar-refractivity contribution >= 4 is 22.2 Å². The Kier molecular flexibility index (Phi) is 4.30. The number of carbonyl (C=O) groups is 1. The molecule has 0 saturated carbocycles. The monoisotopic (exact) mass is 365 g/mol. The van der Waals surface area contributed by atoms with E-state index < -0.39 is 0 Å². The van der Waals surface area contributed by atoms with E-state index in [1.807, 2.05) is 66.2 Å². The van der Waals surface area contributed by atoms with Crippen LogP contribution in [0.15, 0.2) is 48.0 Å². The minimum absolute atomic E-state index is 0.0164. The van der Waals surface area contributed by atoms with E-state index in [0.29, 0.717) is 12.1 Å². The number of hydrogen-bond donors (Lipinski definition) is 2. The number of aromatic amines is 1. The third-order valence-electron chi connectivity index (χ3n) is 4.16. The lowest BCUT2D eigenvalue weighted by atomic mass is 10.1. The van der Waals surface area contributed by atoms with Crippen LogP contribution in [-0.4, -0.2) is 31.5 Å². The maximum Gasteiger partial charge on any atom is 0.269 e. The molecule has 0 fully saturated rings. The molecule has 1 aromatic carbocycles. The maximum atomic E-state index is 12.7. The highest BCUT2D eigenvalue weighted by atomic mass is 32.1. The van der Waals surface area contributed by atoms with Crippen LogP contribution in [-0.2, 0) is 6.42 Å². The molecule has 0 saturated heterocycles. The van der Waals surface area contributed by atoms with E-state index in [1.165, 1.54) is 11.3 Å². The van der Waals surface area contributed by atoms with Crippen molar-refractivity contribution in [2.24, 2.45) is 0 Å². The summed E-state index contributed by atoms with van der Waals surface area (Å²) in [5, 5.41) is 12.0. The standard InChI is InChI=1S/C19H19N5OS/c1-12(8-15-9-13(2)22-23-15)20-18(25)17-11-26-19-21-16(10-24(17)19)14-6-4-3-5-7-14/h3-7,9-12H,8H2,1-2H3,(H,20,25)(H,22,23)/t12-/m0/s1. The quantitative estimate of drug-likeness (QED) is 0.569. The lowest BCUT2D eigenvalue weighted by Gasteiger charge is -2.12. The van der Waals surface area contributed by atoms with Crippen molar-refractivity contribution in [1.29, 1.82) is 0 Å². The fraction of sp³-hybridized carbons (Fsp3) is 0.211. The van der Waals surface area contributed by atoms with Crippen LogP contribution in [0.5, 0.6) is 0 Å². The van der Waals surface area contributed by atoms with Gasteiger partial charge in [-0.05, 0) is 19.9 Å². The molecule has 1 amide bonds. The van der Waals surface area contributed by atoms with Crippen molar-refractivity contribution in [3.63, 3.8) is 0 Å². The Bertz CT molecular complexity index is 1050. The number of aromatic nitrogens is 4. The van der Waals surface area contributed by atoms with Crippen molar-refractivity contribution in [1.82, 2.24) is 24.9 Å². The molecule has 26 heavy (non-hydrogen) atoms. The molecule has 4 rings (SSSR count). The van der Waals surface area contributed by atoms with Crippen LogP contribution in [0.1, 0.15) is 28.8 Å². The lowest BCUT2D eigenvalue weighted by molar-refractivity contribution is 0.0934. The number of benzene rings is 1. The van der Waals surface area contributed by atoms with Gasteiger partial charge in [0.25, 0.3) is 5.91 Å². The van der Waals surface area contributed by atoms with Gasteiger partial charge in [0, 0.05) is 35.3 Å². The van der Waals surface area contributed by atoms with E-state index >= 15 is 0 Å². The van der Waals surface area contributed by atoms with E-state index in [0.717, 1.165) is 27.6 Å². The van der Waals surface area contributed by atoms with Crippen LogP contribution in [0, 0.1) is 6.92 Å². The summed E-state index contributed by atoms with van der Waals surface area (Å²) in [6, 6.07) is 11.9. The minimum Gasteiger partial charge on any atom is -0.348 e. The minimum atomic E-state index is -0.104. The first-order valence-electron chi connectivity index (χ1n) is 8.44. The maximum absolute atomic E-state index is 12.7. The van der Waals surface area contributed by atoms with Gasteiger partial charge in [-0.3, -0.25) is 14.3 Å². The Morgan fingerprint density at radius 3 is 2.88 bits per heavy atom. The second-order valence-corrected chi connectivity index (χ2v) is 7.22. The Labute approximate surface area is 154 Å². The SMILES string of the molecule is Cc1cc(C[C@H](C)NC(=O)c2csc3nc(-c4ccccc4)cn23)n[nH]1. The van der Waals surface area contributed by atoms with Crippen LogP contribution >= 0.6 is 11.3 Å². The molecule has 0 aliphatic heterocycles. The molecule has 7 heteroatoms. The molecule has 3 aromatic heterocycles. The number of nitrogens with zero attached hydrogens (tertiary/aromatic N) is 3. The number of nitrogens with one attached hydrogen (secondary N) is 2. The third kappa shape index (κ3) is 3.25. The fourth-order valence-corrected chi connectivity index (χ4v) is 3.79. The van der Waals surface area contributed by atoms with Crippen molar-refractivity contribution in [3.05, 3.63) is 65.1 Å². The molecule has 132 valence electrons.